The number of carbonyl (C=O) groups is 1. The fourth-order valence-corrected chi connectivity index (χ4v) is 2.37. The van der Waals surface area contributed by atoms with Gasteiger partial charge in [-0.25, -0.2) is 4.39 Å². The van der Waals surface area contributed by atoms with E-state index in [-0.39, 0.29) is 12.4 Å². The van der Waals surface area contributed by atoms with Crippen LogP contribution < -0.4 is 14.8 Å². The number of carbonyl (C=O) groups excluding carboxylic acids is 1. The first-order chi connectivity index (χ1) is 12.6. The second-order valence-electron chi connectivity index (χ2n) is 5.30. The second-order valence-corrected chi connectivity index (χ2v) is 5.70. The van der Waals surface area contributed by atoms with Gasteiger partial charge in [0.25, 0.3) is 5.91 Å². The molecule has 26 heavy (non-hydrogen) atoms. The number of benzene rings is 3. The molecule has 0 aliphatic carbocycles. The van der Waals surface area contributed by atoms with Crippen LogP contribution in [0.5, 0.6) is 17.2 Å². The Morgan fingerprint density at radius 3 is 2.23 bits per heavy atom. The molecular formula is C20H15ClFNO3. The average Bonchev–Trinajstić information content (AvgIpc) is 2.64. The van der Waals surface area contributed by atoms with Gasteiger partial charge in [0.1, 0.15) is 5.75 Å². The number of ether oxygens (including phenoxy) is 2. The number of anilines is 1. The Bertz CT molecular complexity index is 917. The van der Waals surface area contributed by atoms with Crippen molar-refractivity contribution in [1.29, 1.82) is 0 Å². The van der Waals surface area contributed by atoms with Gasteiger partial charge in [-0.1, -0.05) is 48.0 Å². The Labute approximate surface area is 155 Å². The van der Waals surface area contributed by atoms with Crippen LogP contribution >= 0.6 is 11.6 Å². The molecule has 1 N–H and O–H groups in total. The SMILES string of the molecule is O=C(COc1ccccc1F)Nc1ccccc1Oc1ccccc1Cl. The largest absolute Gasteiger partial charge is 0.481 e. The molecule has 0 saturated heterocycles. The van der Waals surface area contributed by atoms with Gasteiger partial charge in [-0.2, -0.15) is 0 Å². The van der Waals surface area contributed by atoms with E-state index in [0.29, 0.717) is 22.2 Å². The van der Waals surface area contributed by atoms with Crippen molar-refractivity contribution in [2.24, 2.45) is 0 Å². The molecule has 3 aromatic carbocycles. The van der Waals surface area contributed by atoms with Gasteiger partial charge in [0.2, 0.25) is 0 Å². The molecule has 0 fully saturated rings. The van der Waals surface area contributed by atoms with Gasteiger partial charge in [-0.05, 0) is 36.4 Å². The lowest BCUT2D eigenvalue weighted by atomic mass is 10.3. The summed E-state index contributed by atoms with van der Waals surface area (Å²) >= 11 is 6.10. The van der Waals surface area contributed by atoms with Crippen molar-refractivity contribution >= 4 is 23.2 Å². The molecule has 0 spiro atoms. The smallest absolute Gasteiger partial charge is 0.262 e. The number of hydrogen-bond acceptors (Lipinski definition) is 3. The van der Waals surface area contributed by atoms with Crippen LogP contribution in [0.15, 0.2) is 72.8 Å². The first-order valence-electron chi connectivity index (χ1n) is 7.82. The summed E-state index contributed by atoms with van der Waals surface area (Å²) in [6.07, 6.45) is 0. The molecule has 6 heteroatoms. The summed E-state index contributed by atoms with van der Waals surface area (Å²) in [4.78, 5) is 12.1. The summed E-state index contributed by atoms with van der Waals surface area (Å²) in [6.45, 7) is -0.332. The van der Waals surface area contributed by atoms with Crippen molar-refractivity contribution in [3.63, 3.8) is 0 Å². The summed E-state index contributed by atoms with van der Waals surface area (Å²) in [5, 5.41) is 3.14. The van der Waals surface area contributed by atoms with Crippen molar-refractivity contribution in [3.05, 3.63) is 83.6 Å². The Balaban J connectivity index is 1.67. The van der Waals surface area contributed by atoms with Crippen LogP contribution in [0.4, 0.5) is 10.1 Å². The molecule has 0 aliphatic rings. The summed E-state index contributed by atoms with van der Waals surface area (Å²) in [5.74, 6) is -0.0484. The molecular weight excluding hydrogens is 357 g/mol. The van der Waals surface area contributed by atoms with Crippen molar-refractivity contribution in [3.8, 4) is 17.2 Å². The van der Waals surface area contributed by atoms with E-state index < -0.39 is 11.7 Å². The number of halogens is 2. The lowest BCUT2D eigenvalue weighted by Crippen LogP contribution is -2.20. The molecule has 0 saturated carbocycles. The quantitative estimate of drug-likeness (QED) is 0.640. The predicted molar refractivity (Wildman–Crippen MR) is 98.5 cm³/mol. The van der Waals surface area contributed by atoms with Gasteiger partial charge in [0, 0.05) is 0 Å². The number of para-hydroxylation sites is 4. The minimum Gasteiger partial charge on any atom is -0.481 e. The molecule has 0 radical (unpaired) electrons. The fourth-order valence-electron chi connectivity index (χ4n) is 2.20. The van der Waals surface area contributed by atoms with Crippen LogP contribution in [0, 0.1) is 5.82 Å². The molecule has 0 bridgehead atoms. The molecule has 4 nitrogen and oxygen atoms in total. The van der Waals surface area contributed by atoms with Crippen LogP contribution in [0.25, 0.3) is 0 Å². The zero-order chi connectivity index (χ0) is 18.4. The number of amides is 1. The molecule has 3 rings (SSSR count). The minimum atomic E-state index is -0.525. The normalized spacial score (nSPS) is 10.2. The highest BCUT2D eigenvalue weighted by Crippen LogP contribution is 2.33. The van der Waals surface area contributed by atoms with Gasteiger partial charge in [0.05, 0.1) is 10.7 Å². The summed E-state index contributed by atoms with van der Waals surface area (Å²) < 4.78 is 24.5. The lowest BCUT2D eigenvalue weighted by molar-refractivity contribution is -0.118. The zero-order valence-electron chi connectivity index (χ0n) is 13.6. The van der Waals surface area contributed by atoms with E-state index in [1.165, 1.54) is 12.1 Å². The van der Waals surface area contributed by atoms with Gasteiger partial charge in [-0.3, -0.25) is 4.79 Å². The van der Waals surface area contributed by atoms with E-state index >= 15 is 0 Å². The molecule has 1 amide bonds. The van der Waals surface area contributed by atoms with Crippen molar-refractivity contribution in [2.75, 3.05) is 11.9 Å². The molecule has 0 unspecified atom stereocenters. The average molecular weight is 372 g/mol. The Hall–Kier alpha value is -3.05. The standard InChI is InChI=1S/C20H15ClFNO3/c21-14-7-1-4-10-17(14)26-19-12-6-3-9-16(19)23-20(24)13-25-18-11-5-2-8-15(18)22/h1-12H,13H2,(H,23,24). The van der Waals surface area contributed by atoms with E-state index in [1.807, 2.05) is 0 Å². The van der Waals surface area contributed by atoms with Crippen molar-refractivity contribution in [1.82, 2.24) is 0 Å². The minimum absolute atomic E-state index is 0.0169. The first-order valence-corrected chi connectivity index (χ1v) is 8.20. The monoisotopic (exact) mass is 371 g/mol. The van der Waals surface area contributed by atoms with E-state index in [1.54, 1.807) is 60.7 Å². The van der Waals surface area contributed by atoms with Crippen LogP contribution in [-0.4, -0.2) is 12.5 Å². The maximum atomic E-state index is 13.5. The molecule has 0 aromatic heterocycles. The van der Waals surface area contributed by atoms with E-state index in [0.717, 1.165) is 0 Å². The zero-order valence-corrected chi connectivity index (χ0v) is 14.4. The van der Waals surface area contributed by atoms with Crippen LogP contribution in [0.1, 0.15) is 0 Å². The van der Waals surface area contributed by atoms with Gasteiger partial charge in [-0.15, -0.1) is 0 Å². The van der Waals surface area contributed by atoms with Gasteiger partial charge in [0.15, 0.2) is 23.9 Å². The fraction of sp³-hybridized carbons (Fsp3) is 0.0500. The molecule has 0 aliphatic heterocycles. The summed E-state index contributed by atoms with van der Waals surface area (Å²) in [7, 11) is 0. The second kappa shape index (κ2) is 8.36. The number of rotatable bonds is 6. The summed E-state index contributed by atoms with van der Waals surface area (Å²) in [5.41, 5.74) is 0.453. The Morgan fingerprint density at radius 2 is 1.50 bits per heavy atom. The Kier molecular flexibility index (Phi) is 5.71. The third-order valence-corrected chi connectivity index (χ3v) is 3.73. The molecule has 0 atom stereocenters. The maximum Gasteiger partial charge on any atom is 0.262 e. The van der Waals surface area contributed by atoms with Gasteiger partial charge >= 0.3 is 0 Å². The number of hydrogen-bond donors (Lipinski definition) is 1. The molecule has 0 heterocycles. The maximum absolute atomic E-state index is 13.5. The third kappa shape index (κ3) is 4.52. The van der Waals surface area contributed by atoms with E-state index in [4.69, 9.17) is 21.1 Å². The topological polar surface area (TPSA) is 47.6 Å². The molecule has 132 valence electrons. The van der Waals surface area contributed by atoms with Crippen LogP contribution in [0.2, 0.25) is 5.02 Å². The lowest BCUT2D eigenvalue weighted by Gasteiger charge is -2.13. The predicted octanol–water partition coefficient (Wildman–Crippen LogP) is 5.29. The highest BCUT2D eigenvalue weighted by Gasteiger charge is 2.11. The first kappa shape index (κ1) is 17.8. The Morgan fingerprint density at radius 1 is 0.885 bits per heavy atom. The van der Waals surface area contributed by atoms with Crippen molar-refractivity contribution < 1.29 is 18.7 Å². The number of nitrogens with one attached hydrogen (secondary N) is 1. The third-order valence-electron chi connectivity index (χ3n) is 3.41. The summed E-state index contributed by atoms with van der Waals surface area (Å²) in [6, 6.07) is 19.8. The van der Waals surface area contributed by atoms with Crippen molar-refractivity contribution in [2.45, 2.75) is 0 Å². The van der Waals surface area contributed by atoms with Crippen LogP contribution in [-0.2, 0) is 4.79 Å². The van der Waals surface area contributed by atoms with Crippen LogP contribution in [0.3, 0.4) is 0 Å². The van der Waals surface area contributed by atoms with E-state index in [2.05, 4.69) is 5.32 Å². The molecule has 3 aromatic rings. The van der Waals surface area contributed by atoms with Gasteiger partial charge < -0.3 is 14.8 Å². The highest BCUT2D eigenvalue weighted by atomic mass is 35.5. The highest BCUT2D eigenvalue weighted by molar-refractivity contribution is 6.32. The van der Waals surface area contributed by atoms with E-state index in [9.17, 15) is 9.18 Å².